The highest BCUT2D eigenvalue weighted by Crippen LogP contribution is 2.17. The van der Waals surface area contributed by atoms with Gasteiger partial charge in [0.05, 0.1) is 19.2 Å². The van der Waals surface area contributed by atoms with Gasteiger partial charge in [-0.05, 0) is 19.8 Å². The topological polar surface area (TPSA) is 32.8 Å². The van der Waals surface area contributed by atoms with Gasteiger partial charge in [0.25, 0.3) is 0 Å². The van der Waals surface area contributed by atoms with Gasteiger partial charge < -0.3 is 14.5 Å². The molecule has 0 atom stereocenters. The lowest BCUT2D eigenvalue weighted by molar-refractivity contribution is -0.0351. The number of nitrogens with zero attached hydrogens (tertiary/aromatic N) is 2. The number of hydrogen-bond donors (Lipinski definition) is 0. The van der Waals surface area contributed by atoms with Gasteiger partial charge >= 0.3 is 6.03 Å². The number of urea groups is 1. The van der Waals surface area contributed by atoms with E-state index >= 15 is 0 Å². The number of hydrogen-bond acceptors (Lipinski definition) is 2. The number of carbonyl (C=O) groups is 1. The van der Waals surface area contributed by atoms with Crippen molar-refractivity contribution in [1.82, 2.24) is 9.80 Å². The van der Waals surface area contributed by atoms with Crippen molar-refractivity contribution in [2.24, 2.45) is 0 Å². The highest BCUT2D eigenvalue weighted by molar-refractivity contribution is 5.75. The molecular formula is C10H18N2O2. The molecule has 2 aliphatic heterocycles. The molecule has 4 nitrogen and oxygen atoms in total. The number of likely N-dealkylation sites (tertiary alicyclic amines) is 2. The molecule has 0 aliphatic carbocycles. The molecule has 0 unspecified atom stereocenters. The average molecular weight is 198 g/mol. The van der Waals surface area contributed by atoms with Crippen molar-refractivity contribution in [1.29, 1.82) is 0 Å². The summed E-state index contributed by atoms with van der Waals surface area (Å²) in [5.41, 5.74) is 0. The fourth-order valence-corrected chi connectivity index (χ4v) is 2.04. The molecule has 2 fully saturated rings. The molecule has 2 saturated heterocycles. The lowest BCUT2D eigenvalue weighted by Gasteiger charge is -2.40. The van der Waals surface area contributed by atoms with Gasteiger partial charge in [0, 0.05) is 19.7 Å². The zero-order chi connectivity index (χ0) is 9.97. The zero-order valence-corrected chi connectivity index (χ0v) is 8.74. The molecule has 0 bridgehead atoms. The van der Waals surface area contributed by atoms with Crippen molar-refractivity contribution in [2.75, 3.05) is 32.8 Å². The molecule has 2 aliphatic rings. The number of rotatable bonds is 2. The van der Waals surface area contributed by atoms with Gasteiger partial charge in [-0.2, -0.15) is 0 Å². The Balaban J connectivity index is 1.73. The van der Waals surface area contributed by atoms with Crippen molar-refractivity contribution in [3.05, 3.63) is 0 Å². The predicted octanol–water partition coefficient (Wildman–Crippen LogP) is 0.923. The van der Waals surface area contributed by atoms with E-state index in [1.165, 1.54) is 0 Å². The quantitative estimate of drug-likeness (QED) is 0.661. The summed E-state index contributed by atoms with van der Waals surface area (Å²) in [6, 6.07) is 0.207. The molecule has 80 valence electrons. The first kappa shape index (κ1) is 9.77. The van der Waals surface area contributed by atoms with Gasteiger partial charge in [-0.15, -0.1) is 0 Å². The summed E-state index contributed by atoms with van der Waals surface area (Å²) < 4.78 is 5.41. The fraction of sp³-hybridized carbons (Fsp3) is 0.900. The second-order valence-electron chi connectivity index (χ2n) is 3.96. The highest BCUT2D eigenvalue weighted by atomic mass is 16.5. The van der Waals surface area contributed by atoms with Gasteiger partial charge in [-0.3, -0.25) is 0 Å². The fourth-order valence-electron chi connectivity index (χ4n) is 2.04. The van der Waals surface area contributed by atoms with Crippen LogP contribution >= 0.6 is 0 Å². The molecular weight excluding hydrogens is 180 g/mol. The van der Waals surface area contributed by atoms with E-state index in [0.29, 0.717) is 0 Å². The van der Waals surface area contributed by atoms with Gasteiger partial charge in [0.1, 0.15) is 0 Å². The van der Waals surface area contributed by atoms with E-state index in [2.05, 4.69) is 0 Å². The van der Waals surface area contributed by atoms with E-state index in [4.69, 9.17) is 4.74 Å². The summed E-state index contributed by atoms with van der Waals surface area (Å²) in [7, 11) is 0. The largest absolute Gasteiger partial charge is 0.375 e. The van der Waals surface area contributed by atoms with E-state index in [1.807, 2.05) is 16.7 Å². The third kappa shape index (κ3) is 1.85. The van der Waals surface area contributed by atoms with Crippen LogP contribution in [0, 0.1) is 0 Å². The number of carbonyl (C=O) groups excluding carboxylic acids is 1. The van der Waals surface area contributed by atoms with Crippen LogP contribution in [0.1, 0.15) is 19.8 Å². The van der Waals surface area contributed by atoms with Crippen LogP contribution in [0.4, 0.5) is 4.79 Å². The lowest BCUT2D eigenvalue weighted by atomic mass is 10.2. The van der Waals surface area contributed by atoms with E-state index in [-0.39, 0.29) is 12.1 Å². The van der Waals surface area contributed by atoms with Crippen LogP contribution in [-0.4, -0.2) is 54.7 Å². The molecule has 0 radical (unpaired) electrons. The van der Waals surface area contributed by atoms with Crippen LogP contribution in [0.25, 0.3) is 0 Å². The minimum absolute atomic E-state index is 0.207. The Morgan fingerprint density at radius 2 is 1.93 bits per heavy atom. The van der Waals surface area contributed by atoms with Gasteiger partial charge in [0.2, 0.25) is 0 Å². The van der Waals surface area contributed by atoms with Crippen LogP contribution < -0.4 is 0 Å². The van der Waals surface area contributed by atoms with E-state index in [9.17, 15) is 4.79 Å². The summed E-state index contributed by atoms with van der Waals surface area (Å²) >= 11 is 0. The maximum Gasteiger partial charge on any atom is 0.320 e. The normalized spacial score (nSPS) is 22.6. The van der Waals surface area contributed by atoms with Crippen molar-refractivity contribution in [2.45, 2.75) is 25.9 Å². The molecule has 2 rings (SSSR count). The molecule has 0 saturated carbocycles. The Morgan fingerprint density at radius 1 is 1.29 bits per heavy atom. The standard InChI is InChI=1S/C10H18N2O2/c1-2-14-9-7-12(8-9)10(13)11-5-3-4-6-11/h9H,2-8H2,1H3. The summed E-state index contributed by atoms with van der Waals surface area (Å²) in [5, 5.41) is 0. The maximum absolute atomic E-state index is 11.8. The van der Waals surface area contributed by atoms with Gasteiger partial charge in [-0.1, -0.05) is 0 Å². The van der Waals surface area contributed by atoms with Crippen LogP contribution in [0.3, 0.4) is 0 Å². The Morgan fingerprint density at radius 3 is 2.50 bits per heavy atom. The third-order valence-corrected chi connectivity index (χ3v) is 2.90. The van der Waals surface area contributed by atoms with Gasteiger partial charge in [0.15, 0.2) is 0 Å². The summed E-state index contributed by atoms with van der Waals surface area (Å²) in [6.45, 7) is 6.18. The van der Waals surface area contributed by atoms with Crippen molar-refractivity contribution >= 4 is 6.03 Å². The van der Waals surface area contributed by atoms with Crippen LogP contribution in [0.2, 0.25) is 0 Å². The highest BCUT2D eigenvalue weighted by Gasteiger charge is 2.34. The first-order valence-electron chi connectivity index (χ1n) is 5.46. The maximum atomic E-state index is 11.8. The number of amides is 2. The van der Waals surface area contributed by atoms with Crippen LogP contribution in [-0.2, 0) is 4.74 Å². The zero-order valence-electron chi connectivity index (χ0n) is 8.74. The molecule has 0 spiro atoms. The molecule has 2 heterocycles. The molecule has 0 aromatic heterocycles. The first-order chi connectivity index (χ1) is 6.81. The Hall–Kier alpha value is -0.770. The monoisotopic (exact) mass is 198 g/mol. The Kier molecular flexibility index (Phi) is 2.91. The second-order valence-corrected chi connectivity index (χ2v) is 3.96. The summed E-state index contributed by atoms with van der Waals surface area (Å²) in [4.78, 5) is 15.6. The molecule has 4 heteroatoms. The van der Waals surface area contributed by atoms with E-state index in [0.717, 1.165) is 45.6 Å². The van der Waals surface area contributed by atoms with Gasteiger partial charge in [-0.25, -0.2) is 4.79 Å². The van der Waals surface area contributed by atoms with E-state index < -0.39 is 0 Å². The molecule has 0 aromatic rings. The predicted molar refractivity (Wildman–Crippen MR) is 53.2 cm³/mol. The van der Waals surface area contributed by atoms with Crippen molar-refractivity contribution < 1.29 is 9.53 Å². The Bertz CT molecular complexity index is 208. The molecule has 14 heavy (non-hydrogen) atoms. The average Bonchev–Trinajstić information content (AvgIpc) is 2.62. The minimum Gasteiger partial charge on any atom is -0.375 e. The smallest absolute Gasteiger partial charge is 0.320 e. The first-order valence-corrected chi connectivity index (χ1v) is 5.46. The van der Waals surface area contributed by atoms with Crippen molar-refractivity contribution in [3.63, 3.8) is 0 Å². The van der Waals surface area contributed by atoms with Crippen LogP contribution in [0.5, 0.6) is 0 Å². The number of ether oxygens (including phenoxy) is 1. The van der Waals surface area contributed by atoms with Crippen molar-refractivity contribution in [3.8, 4) is 0 Å². The summed E-state index contributed by atoms with van der Waals surface area (Å²) in [6.07, 6.45) is 2.61. The SMILES string of the molecule is CCOC1CN(C(=O)N2CCCC2)C1. The Labute approximate surface area is 84.8 Å². The minimum atomic E-state index is 0.207. The van der Waals surface area contributed by atoms with E-state index in [1.54, 1.807) is 0 Å². The summed E-state index contributed by atoms with van der Waals surface area (Å²) in [5.74, 6) is 0. The second kappa shape index (κ2) is 4.17. The molecule has 0 N–H and O–H groups in total. The molecule has 0 aromatic carbocycles. The lowest BCUT2D eigenvalue weighted by Crippen LogP contribution is -2.58. The molecule has 2 amide bonds. The van der Waals surface area contributed by atoms with Crippen LogP contribution in [0.15, 0.2) is 0 Å². The third-order valence-electron chi connectivity index (χ3n) is 2.90.